The van der Waals surface area contributed by atoms with Crippen LogP contribution in [0, 0.1) is 0 Å². The number of ether oxygens (including phenoxy) is 1. The topological polar surface area (TPSA) is 42.4 Å². The molecular weight excluding hydrogens is 226 g/mol. The first kappa shape index (κ1) is 12.3. The molecule has 0 spiro atoms. The minimum atomic E-state index is -0.0639. The van der Waals surface area contributed by atoms with E-state index in [1.165, 1.54) is 0 Å². The first-order chi connectivity index (χ1) is 8.90. The standard InChI is InChI=1S/C15H15NO2/c17-12-14-11-16-9-8-15(14)18-10-4-7-13-5-2-1-3-6-13/h1-9,11,17H,10,12H2/b7-4+. The van der Waals surface area contributed by atoms with Crippen molar-refractivity contribution in [2.75, 3.05) is 6.61 Å². The van der Waals surface area contributed by atoms with Gasteiger partial charge >= 0.3 is 0 Å². The van der Waals surface area contributed by atoms with Gasteiger partial charge in [-0.15, -0.1) is 0 Å². The minimum absolute atomic E-state index is 0.0639. The fraction of sp³-hybridized carbons (Fsp3) is 0.133. The maximum absolute atomic E-state index is 9.11. The van der Waals surface area contributed by atoms with Crippen LogP contribution in [0.15, 0.2) is 54.9 Å². The molecule has 92 valence electrons. The number of aromatic nitrogens is 1. The predicted molar refractivity (Wildman–Crippen MR) is 71.1 cm³/mol. The summed E-state index contributed by atoms with van der Waals surface area (Å²) in [6.45, 7) is 0.400. The Morgan fingerprint density at radius 2 is 2.00 bits per heavy atom. The van der Waals surface area contributed by atoms with Crippen molar-refractivity contribution in [1.82, 2.24) is 4.98 Å². The Bertz CT molecular complexity index is 509. The van der Waals surface area contributed by atoms with Crippen LogP contribution in [0.5, 0.6) is 5.75 Å². The van der Waals surface area contributed by atoms with Gasteiger partial charge in [0, 0.05) is 18.0 Å². The lowest BCUT2D eigenvalue weighted by Crippen LogP contribution is -1.98. The number of pyridine rings is 1. The Balaban J connectivity index is 1.91. The van der Waals surface area contributed by atoms with E-state index in [0.29, 0.717) is 17.9 Å². The van der Waals surface area contributed by atoms with Crippen LogP contribution in [0.2, 0.25) is 0 Å². The summed E-state index contributed by atoms with van der Waals surface area (Å²) >= 11 is 0. The summed E-state index contributed by atoms with van der Waals surface area (Å²) in [5.41, 5.74) is 1.84. The van der Waals surface area contributed by atoms with Crippen molar-refractivity contribution in [2.24, 2.45) is 0 Å². The number of benzene rings is 1. The molecule has 1 N–H and O–H groups in total. The zero-order valence-corrected chi connectivity index (χ0v) is 9.99. The third-order valence-corrected chi connectivity index (χ3v) is 2.47. The van der Waals surface area contributed by atoms with Crippen LogP contribution in [0.1, 0.15) is 11.1 Å². The van der Waals surface area contributed by atoms with Gasteiger partial charge in [0.15, 0.2) is 0 Å². The quantitative estimate of drug-likeness (QED) is 0.875. The molecule has 3 heteroatoms. The third kappa shape index (κ3) is 3.43. The molecule has 18 heavy (non-hydrogen) atoms. The highest BCUT2D eigenvalue weighted by Crippen LogP contribution is 2.16. The number of aliphatic hydroxyl groups excluding tert-OH is 1. The fourth-order valence-corrected chi connectivity index (χ4v) is 1.56. The molecule has 0 aliphatic rings. The van der Waals surface area contributed by atoms with Crippen LogP contribution >= 0.6 is 0 Å². The first-order valence-electron chi connectivity index (χ1n) is 5.78. The van der Waals surface area contributed by atoms with Gasteiger partial charge in [-0.2, -0.15) is 0 Å². The molecule has 0 unspecified atom stereocenters. The molecule has 1 aromatic heterocycles. The van der Waals surface area contributed by atoms with Crippen molar-refractivity contribution in [2.45, 2.75) is 6.61 Å². The summed E-state index contributed by atoms with van der Waals surface area (Å²) in [4.78, 5) is 3.93. The first-order valence-corrected chi connectivity index (χ1v) is 5.78. The molecule has 0 saturated carbocycles. The lowest BCUT2D eigenvalue weighted by atomic mass is 10.2. The summed E-state index contributed by atoms with van der Waals surface area (Å²) < 4.78 is 5.56. The van der Waals surface area contributed by atoms with Crippen LogP contribution < -0.4 is 4.74 Å². The average Bonchev–Trinajstić information content (AvgIpc) is 2.45. The Morgan fingerprint density at radius 1 is 1.17 bits per heavy atom. The zero-order valence-electron chi connectivity index (χ0n) is 9.99. The molecule has 0 aliphatic carbocycles. The number of rotatable bonds is 5. The summed E-state index contributed by atoms with van der Waals surface area (Å²) in [5, 5.41) is 9.11. The maximum atomic E-state index is 9.11. The largest absolute Gasteiger partial charge is 0.489 e. The van der Waals surface area contributed by atoms with Gasteiger partial charge in [0.05, 0.1) is 6.61 Å². The molecule has 2 rings (SSSR count). The van der Waals surface area contributed by atoms with Gasteiger partial charge in [0.25, 0.3) is 0 Å². The molecule has 3 nitrogen and oxygen atoms in total. The number of hydrogen-bond acceptors (Lipinski definition) is 3. The molecule has 0 fully saturated rings. The van der Waals surface area contributed by atoms with E-state index in [9.17, 15) is 0 Å². The summed E-state index contributed by atoms with van der Waals surface area (Å²) in [7, 11) is 0. The van der Waals surface area contributed by atoms with Gasteiger partial charge in [0.2, 0.25) is 0 Å². The van der Waals surface area contributed by atoms with Crippen LogP contribution in [0.4, 0.5) is 0 Å². The van der Waals surface area contributed by atoms with Crippen molar-refractivity contribution in [3.05, 3.63) is 66.0 Å². The van der Waals surface area contributed by atoms with E-state index in [4.69, 9.17) is 9.84 Å². The highest BCUT2D eigenvalue weighted by Gasteiger charge is 2.00. The number of nitrogens with zero attached hydrogens (tertiary/aromatic N) is 1. The zero-order chi connectivity index (χ0) is 12.6. The van der Waals surface area contributed by atoms with Crippen molar-refractivity contribution < 1.29 is 9.84 Å². The fourth-order valence-electron chi connectivity index (χ4n) is 1.56. The second-order valence-corrected chi connectivity index (χ2v) is 3.77. The Morgan fingerprint density at radius 3 is 2.78 bits per heavy atom. The normalized spacial score (nSPS) is 10.7. The predicted octanol–water partition coefficient (Wildman–Crippen LogP) is 2.67. The lowest BCUT2D eigenvalue weighted by molar-refractivity contribution is 0.269. The summed E-state index contributed by atoms with van der Waals surface area (Å²) in [6, 6.07) is 11.8. The lowest BCUT2D eigenvalue weighted by Gasteiger charge is -2.06. The maximum Gasteiger partial charge on any atom is 0.128 e. The monoisotopic (exact) mass is 241 g/mol. The molecule has 1 heterocycles. The molecule has 0 saturated heterocycles. The third-order valence-electron chi connectivity index (χ3n) is 2.47. The molecule has 0 amide bonds. The van der Waals surface area contributed by atoms with Crippen molar-refractivity contribution in [3.63, 3.8) is 0 Å². The second-order valence-electron chi connectivity index (χ2n) is 3.77. The molecule has 2 aromatic rings. The Kier molecular flexibility index (Phi) is 4.50. The van der Waals surface area contributed by atoms with Gasteiger partial charge < -0.3 is 9.84 Å². The van der Waals surface area contributed by atoms with E-state index >= 15 is 0 Å². The van der Waals surface area contributed by atoms with Crippen LogP contribution in [-0.2, 0) is 6.61 Å². The van der Waals surface area contributed by atoms with Crippen LogP contribution in [-0.4, -0.2) is 16.7 Å². The highest BCUT2D eigenvalue weighted by atomic mass is 16.5. The van der Waals surface area contributed by atoms with Gasteiger partial charge in [-0.25, -0.2) is 0 Å². The van der Waals surface area contributed by atoms with Gasteiger partial charge in [-0.05, 0) is 17.7 Å². The Labute approximate surface area is 106 Å². The molecule has 1 aromatic carbocycles. The summed E-state index contributed by atoms with van der Waals surface area (Å²) in [5.74, 6) is 0.671. The van der Waals surface area contributed by atoms with Gasteiger partial charge in [-0.3, -0.25) is 4.98 Å². The molecule has 0 atom stereocenters. The van der Waals surface area contributed by atoms with Crippen molar-refractivity contribution >= 4 is 6.08 Å². The van der Waals surface area contributed by atoms with E-state index in [2.05, 4.69) is 4.98 Å². The van der Waals surface area contributed by atoms with Gasteiger partial charge in [0.1, 0.15) is 12.4 Å². The highest BCUT2D eigenvalue weighted by molar-refractivity contribution is 5.48. The molecule has 0 radical (unpaired) electrons. The molecular formula is C15H15NO2. The summed E-state index contributed by atoms with van der Waals surface area (Å²) in [6.07, 6.45) is 7.20. The number of hydrogen-bond donors (Lipinski definition) is 1. The Hall–Kier alpha value is -2.13. The van der Waals surface area contributed by atoms with E-state index in [0.717, 1.165) is 5.56 Å². The average molecular weight is 241 g/mol. The van der Waals surface area contributed by atoms with Gasteiger partial charge in [-0.1, -0.05) is 36.4 Å². The number of aliphatic hydroxyl groups is 1. The molecule has 0 aliphatic heterocycles. The minimum Gasteiger partial charge on any atom is -0.489 e. The van der Waals surface area contributed by atoms with E-state index in [1.54, 1.807) is 18.5 Å². The van der Waals surface area contributed by atoms with Crippen molar-refractivity contribution in [3.8, 4) is 5.75 Å². The van der Waals surface area contributed by atoms with Crippen LogP contribution in [0.25, 0.3) is 6.08 Å². The van der Waals surface area contributed by atoms with E-state index in [1.807, 2.05) is 42.5 Å². The van der Waals surface area contributed by atoms with E-state index in [-0.39, 0.29) is 6.61 Å². The van der Waals surface area contributed by atoms with E-state index < -0.39 is 0 Å². The smallest absolute Gasteiger partial charge is 0.128 e. The molecule has 0 bridgehead atoms. The second kappa shape index (κ2) is 6.57. The SMILES string of the molecule is OCc1cnccc1OC/C=C/c1ccccc1. The van der Waals surface area contributed by atoms with Crippen molar-refractivity contribution in [1.29, 1.82) is 0 Å². The van der Waals surface area contributed by atoms with Crippen LogP contribution in [0.3, 0.4) is 0 Å².